The summed E-state index contributed by atoms with van der Waals surface area (Å²) in [6.45, 7) is 1.75. The second-order valence-electron chi connectivity index (χ2n) is 3.49. The van der Waals surface area contributed by atoms with E-state index in [9.17, 15) is 9.18 Å². The predicted octanol–water partition coefficient (Wildman–Crippen LogP) is 2.29. The molecule has 1 N–H and O–H groups in total. The summed E-state index contributed by atoms with van der Waals surface area (Å²) in [5.74, 6) is -1.91. The van der Waals surface area contributed by atoms with Gasteiger partial charge in [0.2, 0.25) is 0 Å². The zero-order chi connectivity index (χ0) is 12.4. The lowest BCUT2D eigenvalue weighted by molar-refractivity contribution is 0.0692. The number of halogens is 1. The topological polar surface area (TPSA) is 63.1 Å². The van der Waals surface area contributed by atoms with E-state index in [1.165, 1.54) is 18.3 Å². The van der Waals surface area contributed by atoms with Gasteiger partial charge >= 0.3 is 5.97 Å². The van der Waals surface area contributed by atoms with Crippen LogP contribution in [0, 0.1) is 12.7 Å². The Labute approximate surface area is 96.8 Å². The van der Waals surface area contributed by atoms with Crippen LogP contribution < -0.4 is 0 Å². The molecule has 2 aromatic rings. The van der Waals surface area contributed by atoms with Crippen LogP contribution in [0.5, 0.6) is 0 Å². The molecular formula is C12H9FN2O2. The minimum atomic E-state index is -1.33. The van der Waals surface area contributed by atoms with Crippen LogP contribution in [0.4, 0.5) is 4.39 Å². The van der Waals surface area contributed by atoms with Crippen LogP contribution in [-0.2, 0) is 0 Å². The van der Waals surface area contributed by atoms with Crippen molar-refractivity contribution in [1.82, 2.24) is 9.97 Å². The third-order valence-corrected chi connectivity index (χ3v) is 2.26. The van der Waals surface area contributed by atoms with Crippen LogP contribution in [-0.4, -0.2) is 21.0 Å². The summed E-state index contributed by atoms with van der Waals surface area (Å²) in [4.78, 5) is 19.0. The number of benzene rings is 1. The third-order valence-electron chi connectivity index (χ3n) is 2.26. The van der Waals surface area contributed by atoms with Crippen LogP contribution in [0.25, 0.3) is 11.4 Å². The van der Waals surface area contributed by atoms with Gasteiger partial charge in [-0.25, -0.2) is 19.2 Å². The molecule has 0 saturated heterocycles. The van der Waals surface area contributed by atoms with Crippen LogP contribution in [0.2, 0.25) is 0 Å². The molecule has 2 rings (SSSR count). The molecule has 1 aromatic carbocycles. The van der Waals surface area contributed by atoms with E-state index < -0.39 is 17.3 Å². The highest BCUT2D eigenvalue weighted by Crippen LogP contribution is 2.22. The Bertz CT molecular complexity index is 584. The third kappa shape index (κ3) is 2.13. The lowest BCUT2D eigenvalue weighted by atomic mass is 10.1. The first-order valence-electron chi connectivity index (χ1n) is 4.91. The maximum absolute atomic E-state index is 13.5. The highest BCUT2D eigenvalue weighted by molar-refractivity contribution is 5.95. The highest BCUT2D eigenvalue weighted by atomic mass is 19.1. The number of nitrogens with zero attached hydrogens (tertiary/aromatic N) is 2. The van der Waals surface area contributed by atoms with Crippen molar-refractivity contribution in [3.05, 3.63) is 47.5 Å². The molecule has 0 amide bonds. The molecule has 0 atom stereocenters. The molecule has 5 heteroatoms. The standard InChI is InChI=1S/C12H9FN2O2/c1-7-5-6-14-11(15-7)8-3-2-4-9(13)10(8)12(16)17/h2-6H,1H3,(H,16,17). The van der Waals surface area contributed by atoms with Crippen LogP contribution in [0.1, 0.15) is 16.1 Å². The minimum Gasteiger partial charge on any atom is -0.478 e. The van der Waals surface area contributed by atoms with E-state index in [1.54, 1.807) is 13.0 Å². The molecule has 0 fully saturated rings. The van der Waals surface area contributed by atoms with E-state index in [4.69, 9.17) is 5.11 Å². The number of aryl methyl sites for hydroxylation is 1. The molecule has 0 radical (unpaired) electrons. The lowest BCUT2D eigenvalue weighted by Crippen LogP contribution is -2.05. The highest BCUT2D eigenvalue weighted by Gasteiger charge is 2.18. The van der Waals surface area contributed by atoms with Gasteiger partial charge in [-0.1, -0.05) is 12.1 Å². The Kier molecular flexibility index (Phi) is 2.82. The van der Waals surface area contributed by atoms with E-state index in [0.29, 0.717) is 5.69 Å². The van der Waals surface area contributed by atoms with Crippen molar-refractivity contribution >= 4 is 5.97 Å². The molecule has 0 bridgehead atoms. The number of carboxylic acid groups (broad SMARTS) is 1. The summed E-state index contributed by atoms with van der Waals surface area (Å²) >= 11 is 0. The van der Waals surface area contributed by atoms with Crippen LogP contribution in [0.15, 0.2) is 30.5 Å². The van der Waals surface area contributed by atoms with E-state index in [1.807, 2.05) is 0 Å². The smallest absolute Gasteiger partial charge is 0.339 e. The molecule has 0 saturated carbocycles. The summed E-state index contributed by atoms with van der Waals surface area (Å²) in [7, 11) is 0. The largest absolute Gasteiger partial charge is 0.478 e. The fraction of sp³-hybridized carbons (Fsp3) is 0.0833. The Morgan fingerprint density at radius 1 is 1.35 bits per heavy atom. The number of aromatic nitrogens is 2. The molecule has 86 valence electrons. The maximum atomic E-state index is 13.5. The normalized spacial score (nSPS) is 10.2. The van der Waals surface area contributed by atoms with Gasteiger partial charge < -0.3 is 5.11 Å². The molecule has 0 aliphatic carbocycles. The van der Waals surface area contributed by atoms with Crippen molar-refractivity contribution in [2.24, 2.45) is 0 Å². The van der Waals surface area contributed by atoms with E-state index in [-0.39, 0.29) is 11.4 Å². The number of carboxylic acids is 1. The first-order chi connectivity index (χ1) is 8.09. The first kappa shape index (κ1) is 11.2. The average Bonchev–Trinajstić information content (AvgIpc) is 2.28. The van der Waals surface area contributed by atoms with E-state index >= 15 is 0 Å². The molecular weight excluding hydrogens is 223 g/mol. The van der Waals surface area contributed by atoms with Gasteiger partial charge in [-0.15, -0.1) is 0 Å². The molecule has 4 nitrogen and oxygen atoms in total. The molecule has 17 heavy (non-hydrogen) atoms. The van der Waals surface area contributed by atoms with Gasteiger partial charge in [0.05, 0.1) is 0 Å². The maximum Gasteiger partial charge on any atom is 0.339 e. The number of hydrogen-bond donors (Lipinski definition) is 1. The van der Waals surface area contributed by atoms with E-state index in [0.717, 1.165) is 6.07 Å². The number of rotatable bonds is 2. The molecule has 0 unspecified atom stereocenters. The van der Waals surface area contributed by atoms with Crippen molar-refractivity contribution in [3.8, 4) is 11.4 Å². The van der Waals surface area contributed by atoms with Gasteiger partial charge in [0.25, 0.3) is 0 Å². The summed E-state index contributed by atoms with van der Waals surface area (Å²) in [6.07, 6.45) is 1.51. The van der Waals surface area contributed by atoms with E-state index in [2.05, 4.69) is 9.97 Å². The molecule has 0 aliphatic rings. The Balaban J connectivity index is 2.67. The summed E-state index contributed by atoms with van der Waals surface area (Å²) in [6, 6.07) is 5.70. The lowest BCUT2D eigenvalue weighted by Gasteiger charge is -2.05. The SMILES string of the molecule is Cc1ccnc(-c2cccc(F)c2C(=O)O)n1. The summed E-state index contributed by atoms with van der Waals surface area (Å²) < 4.78 is 13.5. The monoisotopic (exact) mass is 232 g/mol. The fourth-order valence-corrected chi connectivity index (χ4v) is 1.51. The van der Waals surface area contributed by atoms with Gasteiger partial charge in [0.1, 0.15) is 11.4 Å². The number of aromatic carboxylic acids is 1. The average molecular weight is 232 g/mol. The van der Waals surface area contributed by atoms with Crippen molar-refractivity contribution in [2.75, 3.05) is 0 Å². The Hall–Kier alpha value is -2.30. The Morgan fingerprint density at radius 2 is 2.12 bits per heavy atom. The van der Waals surface area contributed by atoms with Crippen molar-refractivity contribution < 1.29 is 14.3 Å². The zero-order valence-electron chi connectivity index (χ0n) is 9.01. The van der Waals surface area contributed by atoms with Crippen LogP contribution >= 0.6 is 0 Å². The number of carbonyl (C=O) groups is 1. The molecule has 0 aliphatic heterocycles. The van der Waals surface area contributed by atoms with Crippen molar-refractivity contribution in [2.45, 2.75) is 6.92 Å². The van der Waals surface area contributed by atoms with Crippen molar-refractivity contribution in [1.29, 1.82) is 0 Å². The second-order valence-corrected chi connectivity index (χ2v) is 3.49. The van der Waals surface area contributed by atoms with Gasteiger partial charge in [0.15, 0.2) is 5.82 Å². The molecule has 1 aromatic heterocycles. The zero-order valence-corrected chi connectivity index (χ0v) is 9.01. The Morgan fingerprint density at radius 3 is 2.76 bits per heavy atom. The van der Waals surface area contributed by atoms with Gasteiger partial charge in [0, 0.05) is 17.5 Å². The molecule has 1 heterocycles. The summed E-state index contributed by atoms with van der Waals surface area (Å²) in [5.41, 5.74) is 0.468. The van der Waals surface area contributed by atoms with Crippen molar-refractivity contribution in [3.63, 3.8) is 0 Å². The molecule has 0 spiro atoms. The first-order valence-corrected chi connectivity index (χ1v) is 4.91. The second kappa shape index (κ2) is 4.29. The van der Waals surface area contributed by atoms with Crippen LogP contribution in [0.3, 0.4) is 0 Å². The number of hydrogen-bond acceptors (Lipinski definition) is 3. The van der Waals surface area contributed by atoms with Gasteiger partial charge in [-0.2, -0.15) is 0 Å². The fourth-order valence-electron chi connectivity index (χ4n) is 1.51. The quantitative estimate of drug-likeness (QED) is 0.862. The van der Waals surface area contributed by atoms with Gasteiger partial charge in [-0.05, 0) is 19.1 Å². The minimum absolute atomic E-state index is 0.182. The van der Waals surface area contributed by atoms with Gasteiger partial charge in [-0.3, -0.25) is 0 Å². The summed E-state index contributed by atoms with van der Waals surface area (Å²) in [5, 5.41) is 8.98. The predicted molar refractivity (Wildman–Crippen MR) is 59.1 cm³/mol.